The van der Waals surface area contributed by atoms with Gasteiger partial charge >= 0.3 is 0 Å². The van der Waals surface area contributed by atoms with E-state index in [1.165, 1.54) is 0 Å². The van der Waals surface area contributed by atoms with Crippen molar-refractivity contribution in [2.24, 2.45) is 11.1 Å². The Balaban J connectivity index is 2.11. The molecule has 1 amide bonds. The van der Waals surface area contributed by atoms with Gasteiger partial charge in [0.05, 0.1) is 6.42 Å². The van der Waals surface area contributed by atoms with E-state index >= 15 is 0 Å². The van der Waals surface area contributed by atoms with E-state index in [1.807, 2.05) is 6.08 Å². The molecule has 1 atom stereocenters. The first-order valence-electron chi connectivity index (χ1n) is 4.84. The summed E-state index contributed by atoms with van der Waals surface area (Å²) < 4.78 is 0. The molecule has 4 nitrogen and oxygen atoms in total. The summed E-state index contributed by atoms with van der Waals surface area (Å²) in [5.41, 5.74) is 15.6. The van der Waals surface area contributed by atoms with Crippen LogP contribution in [0, 0.1) is 5.41 Å². The van der Waals surface area contributed by atoms with Crippen LogP contribution in [-0.4, -0.2) is 16.4 Å². The lowest BCUT2D eigenvalue weighted by Gasteiger charge is -2.20. The van der Waals surface area contributed by atoms with Crippen LogP contribution in [0.25, 0.3) is 5.53 Å². The number of nitrogens with zero attached hydrogens (tertiary/aromatic N) is 2. The lowest BCUT2D eigenvalue weighted by molar-refractivity contribution is -0.114. The highest BCUT2D eigenvalue weighted by atomic mass is 16.1. The smallest absolute Gasteiger partial charge is 0.269 e. The van der Waals surface area contributed by atoms with Crippen molar-refractivity contribution in [1.82, 2.24) is 0 Å². The van der Waals surface area contributed by atoms with E-state index < -0.39 is 0 Å². The van der Waals surface area contributed by atoms with Gasteiger partial charge in [-0.15, -0.1) is 0 Å². The van der Waals surface area contributed by atoms with Crippen molar-refractivity contribution in [2.75, 3.05) is 0 Å². The number of amides is 1. The molecule has 1 saturated carbocycles. The second-order valence-electron chi connectivity index (χ2n) is 4.32. The summed E-state index contributed by atoms with van der Waals surface area (Å²) in [5.74, 6) is -0.309. The molecular weight excluding hydrogens is 178 g/mol. The SMILES string of the molecule is [N-]=[N+]=C1CCC2(CC=C(C(N)=O)C2)C1. The molecule has 4 heteroatoms. The first kappa shape index (κ1) is 9.16. The molecule has 1 spiro atoms. The van der Waals surface area contributed by atoms with Crippen molar-refractivity contribution < 1.29 is 9.58 Å². The summed E-state index contributed by atoms with van der Waals surface area (Å²) in [7, 11) is 0. The fourth-order valence-corrected chi connectivity index (χ4v) is 2.51. The van der Waals surface area contributed by atoms with Crippen molar-refractivity contribution >= 4 is 11.6 Å². The molecule has 1 fully saturated rings. The van der Waals surface area contributed by atoms with Gasteiger partial charge in [-0.05, 0) is 24.7 Å². The minimum absolute atomic E-state index is 0.131. The first-order valence-corrected chi connectivity index (χ1v) is 4.84. The van der Waals surface area contributed by atoms with Crippen LogP contribution in [0.3, 0.4) is 0 Å². The van der Waals surface area contributed by atoms with Crippen LogP contribution in [0.4, 0.5) is 0 Å². The molecule has 2 N–H and O–H groups in total. The fourth-order valence-electron chi connectivity index (χ4n) is 2.51. The molecule has 74 valence electrons. The number of hydrogen-bond donors (Lipinski definition) is 1. The Morgan fingerprint density at radius 1 is 1.57 bits per heavy atom. The van der Waals surface area contributed by atoms with Crippen LogP contribution in [0.5, 0.6) is 0 Å². The minimum Gasteiger partial charge on any atom is -0.366 e. The minimum atomic E-state index is -0.309. The van der Waals surface area contributed by atoms with Crippen LogP contribution in [-0.2, 0) is 4.79 Å². The Labute approximate surface area is 82.4 Å². The molecule has 2 rings (SSSR count). The average molecular weight is 191 g/mol. The molecule has 14 heavy (non-hydrogen) atoms. The van der Waals surface area contributed by atoms with E-state index in [9.17, 15) is 4.79 Å². The summed E-state index contributed by atoms with van der Waals surface area (Å²) in [5, 5.41) is 0. The molecule has 0 aliphatic heterocycles. The molecular formula is C10H13N3O. The zero-order chi connectivity index (χ0) is 10.2. The monoisotopic (exact) mass is 191 g/mol. The molecule has 2 aliphatic carbocycles. The molecule has 2 aliphatic rings. The van der Waals surface area contributed by atoms with E-state index in [-0.39, 0.29) is 11.3 Å². The molecule has 0 aromatic carbocycles. The maximum Gasteiger partial charge on any atom is 0.269 e. The highest BCUT2D eigenvalue weighted by Gasteiger charge is 2.44. The van der Waals surface area contributed by atoms with Gasteiger partial charge in [0, 0.05) is 12.0 Å². The quantitative estimate of drug-likeness (QED) is 0.487. The van der Waals surface area contributed by atoms with Gasteiger partial charge in [-0.2, -0.15) is 4.79 Å². The third kappa shape index (κ3) is 1.38. The summed E-state index contributed by atoms with van der Waals surface area (Å²) in [6.45, 7) is 0. The van der Waals surface area contributed by atoms with E-state index in [4.69, 9.17) is 11.3 Å². The number of rotatable bonds is 1. The van der Waals surface area contributed by atoms with E-state index in [0.29, 0.717) is 0 Å². The van der Waals surface area contributed by atoms with Gasteiger partial charge in [0.2, 0.25) is 5.91 Å². The molecule has 0 saturated heterocycles. The third-order valence-electron chi connectivity index (χ3n) is 3.33. The van der Waals surface area contributed by atoms with Crippen molar-refractivity contribution in [3.63, 3.8) is 0 Å². The van der Waals surface area contributed by atoms with Crippen LogP contribution >= 0.6 is 0 Å². The number of nitrogens with two attached hydrogens (primary N) is 1. The Kier molecular flexibility index (Phi) is 2.01. The predicted octanol–water partition coefficient (Wildman–Crippen LogP) is 1.03. The molecule has 0 heterocycles. The summed E-state index contributed by atoms with van der Waals surface area (Å²) in [6.07, 6.45) is 6.22. The maximum absolute atomic E-state index is 11.0. The predicted molar refractivity (Wildman–Crippen MR) is 51.4 cm³/mol. The zero-order valence-corrected chi connectivity index (χ0v) is 7.99. The van der Waals surface area contributed by atoms with Gasteiger partial charge in [0.15, 0.2) is 0 Å². The van der Waals surface area contributed by atoms with Crippen molar-refractivity contribution in [3.05, 3.63) is 17.2 Å². The van der Waals surface area contributed by atoms with Gasteiger partial charge in [-0.1, -0.05) is 6.08 Å². The number of allylic oxidation sites excluding steroid dienone is 1. The average Bonchev–Trinajstić information content (AvgIpc) is 2.74. The van der Waals surface area contributed by atoms with Crippen LogP contribution in [0.2, 0.25) is 0 Å². The largest absolute Gasteiger partial charge is 0.366 e. The maximum atomic E-state index is 11.0. The third-order valence-corrected chi connectivity index (χ3v) is 3.33. The summed E-state index contributed by atoms with van der Waals surface area (Å²) in [4.78, 5) is 14.2. The van der Waals surface area contributed by atoms with Gasteiger partial charge in [0.25, 0.3) is 5.71 Å². The van der Waals surface area contributed by atoms with Crippen LogP contribution in [0.15, 0.2) is 11.6 Å². The molecule has 0 bridgehead atoms. The Hall–Kier alpha value is -1.41. The second kappa shape index (κ2) is 3.07. The van der Waals surface area contributed by atoms with Gasteiger partial charge < -0.3 is 11.3 Å². The highest BCUT2D eigenvalue weighted by molar-refractivity contribution is 5.93. The highest BCUT2D eigenvalue weighted by Crippen LogP contribution is 2.48. The molecule has 0 aromatic rings. The molecule has 0 radical (unpaired) electrons. The molecule has 1 unspecified atom stereocenters. The first-order chi connectivity index (χ1) is 6.65. The van der Waals surface area contributed by atoms with E-state index in [0.717, 1.165) is 43.4 Å². The zero-order valence-electron chi connectivity index (χ0n) is 7.99. The van der Waals surface area contributed by atoms with Crippen molar-refractivity contribution in [2.45, 2.75) is 32.1 Å². The van der Waals surface area contributed by atoms with E-state index in [2.05, 4.69) is 4.79 Å². The number of carbonyl (C=O) groups excluding carboxylic acids is 1. The van der Waals surface area contributed by atoms with Crippen molar-refractivity contribution in [1.29, 1.82) is 0 Å². The Morgan fingerprint density at radius 3 is 2.86 bits per heavy atom. The number of hydrogen-bond acceptors (Lipinski definition) is 1. The number of carbonyl (C=O) groups is 1. The lowest BCUT2D eigenvalue weighted by Crippen LogP contribution is -2.18. The normalized spacial score (nSPS) is 30.6. The van der Waals surface area contributed by atoms with Gasteiger partial charge in [-0.3, -0.25) is 4.79 Å². The summed E-state index contributed by atoms with van der Waals surface area (Å²) in [6, 6.07) is 0. The lowest BCUT2D eigenvalue weighted by atomic mass is 9.83. The van der Waals surface area contributed by atoms with Gasteiger partial charge in [0.1, 0.15) is 0 Å². The van der Waals surface area contributed by atoms with Crippen molar-refractivity contribution in [3.8, 4) is 0 Å². The van der Waals surface area contributed by atoms with Gasteiger partial charge in [-0.25, -0.2) is 0 Å². The molecule has 0 aromatic heterocycles. The van der Waals surface area contributed by atoms with Crippen LogP contribution in [0.1, 0.15) is 32.1 Å². The van der Waals surface area contributed by atoms with E-state index in [1.54, 1.807) is 0 Å². The summed E-state index contributed by atoms with van der Waals surface area (Å²) >= 11 is 0. The standard InChI is InChI=1S/C10H13N3O/c11-9(14)7-1-3-10(5-7)4-2-8(6-10)13-12/h1H,2-6H2,(H2,11,14). The Bertz CT molecular complexity index is 366. The fraction of sp³-hybridized carbons (Fsp3) is 0.600. The van der Waals surface area contributed by atoms with Crippen LogP contribution < -0.4 is 5.73 Å². The number of primary amides is 1. The Morgan fingerprint density at radius 2 is 2.36 bits per heavy atom. The second-order valence-corrected chi connectivity index (χ2v) is 4.32. The topological polar surface area (TPSA) is 79.5 Å².